The molecule has 0 aliphatic carbocycles. The summed E-state index contributed by atoms with van der Waals surface area (Å²) in [5.74, 6) is 0. The summed E-state index contributed by atoms with van der Waals surface area (Å²) >= 11 is 0. The molecule has 0 unspecified atom stereocenters. The molecule has 0 fully saturated rings. The Kier molecular flexibility index (Phi) is 5.50. The number of nitrogens with zero attached hydrogens (tertiary/aromatic N) is 3. The second-order valence-corrected chi connectivity index (χ2v) is 11.3. The second kappa shape index (κ2) is 9.82. The molecule has 3 heteroatoms. The Morgan fingerprint density at radius 1 is 0.341 bits per heavy atom. The average molecular weight is 562 g/mol. The standard InChI is InChI=1S/C41H27N3/c1-3-11-28(12-4-1)29-13-9-16-33(25-29)44-40-27-31(20-22-35(40)36-18-10-24-42-41(36)44)30-21-23-39-37(26-30)34-17-7-8-19-38(34)43(39)32-14-5-2-6-15-32/h1-27H. The van der Waals surface area contributed by atoms with Crippen molar-refractivity contribution >= 4 is 43.7 Å². The maximum absolute atomic E-state index is 4.87. The van der Waals surface area contributed by atoms with Crippen LogP contribution in [0.5, 0.6) is 0 Å². The van der Waals surface area contributed by atoms with Gasteiger partial charge in [0.05, 0.1) is 16.6 Å². The minimum Gasteiger partial charge on any atom is -0.309 e. The molecular weight excluding hydrogens is 534 g/mol. The molecule has 0 atom stereocenters. The van der Waals surface area contributed by atoms with Gasteiger partial charge in [-0.25, -0.2) is 4.98 Å². The Balaban J connectivity index is 1.26. The smallest absolute Gasteiger partial charge is 0.145 e. The average Bonchev–Trinajstić information content (AvgIpc) is 3.61. The van der Waals surface area contributed by atoms with Crippen molar-refractivity contribution in [3.63, 3.8) is 0 Å². The SMILES string of the molecule is c1ccc(-c2cccc(-n3c4cc(-c5ccc6c(c5)c5ccccc5n6-c5ccccc5)ccc4c4cccnc43)c2)cc1. The molecule has 0 bridgehead atoms. The Morgan fingerprint density at radius 3 is 1.86 bits per heavy atom. The zero-order chi connectivity index (χ0) is 29.0. The van der Waals surface area contributed by atoms with Gasteiger partial charge in [0.1, 0.15) is 5.65 Å². The van der Waals surface area contributed by atoms with Gasteiger partial charge in [0, 0.05) is 39.1 Å². The Hall–Kier alpha value is -5.93. The molecule has 0 spiro atoms. The number of hydrogen-bond acceptors (Lipinski definition) is 1. The molecule has 9 aromatic rings. The van der Waals surface area contributed by atoms with Gasteiger partial charge in [-0.3, -0.25) is 4.57 Å². The van der Waals surface area contributed by atoms with Crippen molar-refractivity contribution in [2.24, 2.45) is 0 Å². The maximum atomic E-state index is 4.87. The molecule has 0 saturated heterocycles. The molecule has 0 aliphatic rings. The number of benzene rings is 6. The van der Waals surface area contributed by atoms with Gasteiger partial charge in [0.2, 0.25) is 0 Å². The minimum atomic E-state index is 0.964. The first-order valence-corrected chi connectivity index (χ1v) is 15.0. The summed E-state index contributed by atoms with van der Waals surface area (Å²) in [6.45, 7) is 0. The zero-order valence-electron chi connectivity index (χ0n) is 23.9. The molecule has 3 heterocycles. The third-order valence-corrected chi connectivity index (χ3v) is 8.76. The molecule has 206 valence electrons. The Morgan fingerprint density at radius 2 is 0.977 bits per heavy atom. The number of hydrogen-bond donors (Lipinski definition) is 0. The van der Waals surface area contributed by atoms with E-state index < -0.39 is 0 Å². The van der Waals surface area contributed by atoms with Crippen molar-refractivity contribution in [1.29, 1.82) is 0 Å². The molecule has 0 aliphatic heterocycles. The summed E-state index contributed by atoms with van der Waals surface area (Å²) in [5.41, 5.74) is 11.6. The van der Waals surface area contributed by atoms with Crippen molar-refractivity contribution in [3.05, 3.63) is 164 Å². The third-order valence-electron chi connectivity index (χ3n) is 8.76. The highest BCUT2D eigenvalue weighted by atomic mass is 15.0. The molecule has 44 heavy (non-hydrogen) atoms. The lowest BCUT2D eigenvalue weighted by molar-refractivity contribution is 1.14. The van der Waals surface area contributed by atoms with Crippen LogP contribution in [0, 0.1) is 0 Å². The number of rotatable bonds is 4. The molecule has 0 amide bonds. The van der Waals surface area contributed by atoms with Gasteiger partial charge in [0.25, 0.3) is 0 Å². The van der Waals surface area contributed by atoms with Crippen molar-refractivity contribution in [3.8, 4) is 33.6 Å². The van der Waals surface area contributed by atoms with E-state index in [1.165, 1.54) is 55.1 Å². The fourth-order valence-corrected chi connectivity index (χ4v) is 6.75. The lowest BCUT2D eigenvalue weighted by Crippen LogP contribution is -1.96. The lowest BCUT2D eigenvalue weighted by Gasteiger charge is -2.11. The van der Waals surface area contributed by atoms with E-state index in [0.29, 0.717) is 0 Å². The summed E-state index contributed by atoms with van der Waals surface area (Å²) in [5, 5.41) is 4.86. The molecule has 3 nitrogen and oxygen atoms in total. The largest absolute Gasteiger partial charge is 0.309 e. The summed E-state index contributed by atoms with van der Waals surface area (Å²) in [4.78, 5) is 4.87. The first-order valence-electron chi connectivity index (χ1n) is 15.0. The van der Waals surface area contributed by atoms with E-state index in [2.05, 4.69) is 161 Å². The van der Waals surface area contributed by atoms with Crippen LogP contribution in [-0.2, 0) is 0 Å². The Labute approximate surface area is 254 Å². The predicted molar refractivity (Wildman–Crippen MR) is 184 cm³/mol. The van der Waals surface area contributed by atoms with Crippen LogP contribution in [0.15, 0.2) is 164 Å². The molecule has 0 radical (unpaired) electrons. The van der Waals surface area contributed by atoms with E-state index in [0.717, 1.165) is 22.2 Å². The van der Waals surface area contributed by atoms with Crippen LogP contribution in [0.25, 0.3) is 77.4 Å². The first kappa shape index (κ1) is 24.6. The number of para-hydroxylation sites is 2. The first-order chi connectivity index (χ1) is 21.8. The highest BCUT2D eigenvalue weighted by Gasteiger charge is 2.16. The summed E-state index contributed by atoms with van der Waals surface area (Å²) in [6, 6.07) is 56.5. The number of aromatic nitrogens is 3. The van der Waals surface area contributed by atoms with Crippen LogP contribution in [0.4, 0.5) is 0 Å². The van der Waals surface area contributed by atoms with E-state index in [4.69, 9.17) is 4.98 Å². The van der Waals surface area contributed by atoms with Crippen LogP contribution in [0.1, 0.15) is 0 Å². The van der Waals surface area contributed by atoms with E-state index in [1.807, 2.05) is 12.3 Å². The van der Waals surface area contributed by atoms with Gasteiger partial charge in [-0.2, -0.15) is 0 Å². The zero-order valence-corrected chi connectivity index (χ0v) is 23.9. The van der Waals surface area contributed by atoms with Gasteiger partial charge < -0.3 is 4.57 Å². The molecule has 6 aromatic carbocycles. The molecule has 0 N–H and O–H groups in total. The fourth-order valence-electron chi connectivity index (χ4n) is 6.75. The van der Waals surface area contributed by atoms with Crippen LogP contribution in [-0.4, -0.2) is 14.1 Å². The van der Waals surface area contributed by atoms with Crippen LogP contribution >= 0.6 is 0 Å². The van der Waals surface area contributed by atoms with Crippen molar-refractivity contribution in [1.82, 2.24) is 14.1 Å². The van der Waals surface area contributed by atoms with Gasteiger partial charge in [-0.1, -0.05) is 97.1 Å². The van der Waals surface area contributed by atoms with Crippen LogP contribution in [0.3, 0.4) is 0 Å². The third kappa shape index (κ3) is 3.80. The molecular formula is C41H27N3. The van der Waals surface area contributed by atoms with E-state index >= 15 is 0 Å². The van der Waals surface area contributed by atoms with Crippen LogP contribution in [0.2, 0.25) is 0 Å². The fraction of sp³-hybridized carbons (Fsp3) is 0. The van der Waals surface area contributed by atoms with Gasteiger partial charge in [-0.05, 0) is 82.9 Å². The van der Waals surface area contributed by atoms with Gasteiger partial charge in [-0.15, -0.1) is 0 Å². The van der Waals surface area contributed by atoms with Crippen molar-refractivity contribution in [2.75, 3.05) is 0 Å². The molecule has 9 rings (SSSR count). The summed E-state index contributed by atoms with van der Waals surface area (Å²) in [7, 11) is 0. The Bertz CT molecular complexity index is 2480. The predicted octanol–water partition coefficient (Wildman–Crippen LogP) is 10.6. The monoisotopic (exact) mass is 561 g/mol. The van der Waals surface area contributed by atoms with E-state index in [9.17, 15) is 0 Å². The van der Waals surface area contributed by atoms with Crippen molar-refractivity contribution in [2.45, 2.75) is 0 Å². The molecule has 3 aromatic heterocycles. The van der Waals surface area contributed by atoms with Crippen molar-refractivity contribution < 1.29 is 0 Å². The lowest BCUT2D eigenvalue weighted by atomic mass is 10.0. The highest BCUT2D eigenvalue weighted by molar-refractivity contribution is 6.12. The minimum absolute atomic E-state index is 0.964. The topological polar surface area (TPSA) is 22.8 Å². The van der Waals surface area contributed by atoms with Crippen LogP contribution < -0.4 is 0 Å². The maximum Gasteiger partial charge on any atom is 0.145 e. The van der Waals surface area contributed by atoms with E-state index in [1.54, 1.807) is 0 Å². The van der Waals surface area contributed by atoms with Gasteiger partial charge >= 0.3 is 0 Å². The quantitative estimate of drug-likeness (QED) is 0.210. The number of pyridine rings is 1. The second-order valence-electron chi connectivity index (χ2n) is 11.3. The van der Waals surface area contributed by atoms with Gasteiger partial charge in [0.15, 0.2) is 0 Å². The summed E-state index contributed by atoms with van der Waals surface area (Å²) < 4.78 is 4.67. The van der Waals surface area contributed by atoms with E-state index in [-0.39, 0.29) is 0 Å². The highest BCUT2D eigenvalue weighted by Crippen LogP contribution is 2.38. The summed E-state index contributed by atoms with van der Waals surface area (Å²) in [6.07, 6.45) is 1.89. The number of fused-ring (bicyclic) bond motifs is 6. The normalized spacial score (nSPS) is 11.6. The molecule has 0 saturated carbocycles.